The molecule has 1 aliphatic heterocycles. The molecule has 5 aromatic carbocycles. The molecular formula is C98H135F2N23O20S. The number of likely N-dealkylation sites (N-methyl/N-ethyl adjacent to an activating group) is 1. The molecule has 1 saturated heterocycles. The maximum Gasteiger partial charge on any atom is 0.305 e. The quantitative estimate of drug-likeness (QED) is 0.0164. The molecule has 7 rings (SSSR count). The summed E-state index contributed by atoms with van der Waals surface area (Å²) in [4.78, 5) is 254. The maximum atomic E-state index is 15.5. The van der Waals surface area contributed by atoms with Crippen LogP contribution < -0.4 is 102 Å². The Morgan fingerprint density at radius 1 is 0.472 bits per heavy atom. The summed E-state index contributed by atoms with van der Waals surface area (Å²) in [6.45, 7) is 16.5. The number of aromatic hydroxyl groups is 1. The van der Waals surface area contributed by atoms with Crippen molar-refractivity contribution in [1.82, 2.24) is 95.0 Å². The summed E-state index contributed by atoms with van der Waals surface area (Å²) >= 11 is 0.694. The molecule has 6 aromatic rings. The molecule has 43 nitrogen and oxygen atoms in total. The van der Waals surface area contributed by atoms with Gasteiger partial charge in [-0.1, -0.05) is 140 Å². The number of para-hydroxylation sites is 1. The number of halogens is 2. The number of rotatable bonds is 29. The van der Waals surface area contributed by atoms with Crippen molar-refractivity contribution < 1.29 is 106 Å². The van der Waals surface area contributed by atoms with Crippen molar-refractivity contribution in [3.63, 3.8) is 0 Å². The van der Waals surface area contributed by atoms with Crippen LogP contribution in [0.15, 0.2) is 128 Å². The topological polar surface area (TPSA) is 688 Å². The molecule has 16 atom stereocenters. The number of amides is 16. The van der Waals surface area contributed by atoms with Crippen LogP contribution in [0, 0.1) is 46.1 Å². The molecule has 28 N–H and O–H groups in total. The van der Waals surface area contributed by atoms with Crippen LogP contribution in [0.1, 0.15) is 143 Å². The Labute approximate surface area is 836 Å². The summed E-state index contributed by atoms with van der Waals surface area (Å²) in [6.07, 6.45) is -3.71. The third-order valence-corrected chi connectivity index (χ3v) is 24.6. The highest BCUT2D eigenvalue weighted by atomic mass is 32.2. The fourth-order valence-electron chi connectivity index (χ4n) is 15.6. The zero-order valence-electron chi connectivity index (χ0n) is 82.4. The van der Waals surface area contributed by atoms with Gasteiger partial charge >= 0.3 is 5.97 Å². The van der Waals surface area contributed by atoms with E-state index in [1.165, 1.54) is 103 Å². The van der Waals surface area contributed by atoms with E-state index in [0.29, 0.717) is 51.0 Å². The fraction of sp³-hybridized carbons (Fsp3) is 0.480. The van der Waals surface area contributed by atoms with Crippen LogP contribution >= 0.6 is 11.8 Å². The highest BCUT2D eigenvalue weighted by Gasteiger charge is 2.42. The minimum Gasteiger partial charge on any atom is -0.508 e. The lowest BCUT2D eigenvalue weighted by Crippen LogP contribution is -2.62. The largest absolute Gasteiger partial charge is 0.508 e. The molecule has 0 radical (unpaired) electrons. The Morgan fingerprint density at radius 2 is 0.882 bits per heavy atom. The van der Waals surface area contributed by atoms with E-state index in [4.69, 9.17) is 28.0 Å². The molecule has 0 aliphatic carbocycles. The number of aliphatic hydroxyl groups is 1. The predicted octanol–water partition coefficient (Wildman–Crippen LogP) is -0.238. The van der Waals surface area contributed by atoms with Crippen LogP contribution in [0.25, 0.3) is 22.0 Å². The number of H-pyrrole nitrogens is 1. The van der Waals surface area contributed by atoms with Crippen LogP contribution in [0.4, 0.5) is 8.78 Å². The predicted molar refractivity (Wildman–Crippen MR) is 532 cm³/mol. The van der Waals surface area contributed by atoms with Gasteiger partial charge in [-0.05, 0) is 147 Å². The lowest BCUT2D eigenvalue weighted by molar-refractivity contribution is -0.143. The van der Waals surface area contributed by atoms with Crippen LogP contribution in [0.2, 0.25) is 0 Å². The number of benzene rings is 5. The smallest absolute Gasteiger partial charge is 0.305 e. The standard InChI is InChI=1S/C98H135F2N23O20S/c1-49(2)36-69-85(132)111-67(24-18-34-106-97(102)103)84(131)114-70(37-50(3)4)90(137)121-80(52(7)8)94(141)122-81(55(11)124)95(142)119-76(92(139)109-53(9)82(101)129)47-144-48-77(126)110-71(38-56-20-14-13-15-21-56)86(133)115-72(40-58-28-32-64(125)33-29-58)88(135)117-75(45-78(127)128)89(136)116-74(43-61-46-108-66-23-17-16-22-65(61)66)91(138)120-79(51(5)6)93(140)118-73(39-57-26-30-59(31-27-57)60-41-62(99)44-63(100)42-60)87(134)112-68(25-19-35-107-98(104)105)96(143)123(12)54(10)83(130)113-69/h13-17,20-23,26-33,41-42,44,46,49-55,67-76,79-81,108,124-125H,18-19,24-25,34-40,43,45,47-48H2,1-12H3,(H2,101,129)(H,109,139)(H,110,126)(H,111,132)(H,112,134)(H,113,130)(H,114,131)(H,115,133)(H,116,136)(H,117,135)(H,118,140)(H,119,142)(H,120,138)(H,121,137)(H,122,141)(H,127,128)(H4,102,103,106)(H4,104,105,107)/t53-,54-,55+,67-,68-,69+,70-,71-,72-,73-,74-,75-,76-,79-,80-,81-/m0/s1. The van der Waals surface area contributed by atoms with Gasteiger partial charge in [-0.2, -0.15) is 0 Å². The first-order valence-corrected chi connectivity index (χ1v) is 48.5. The number of hydrogen-bond donors (Lipinski definition) is 25. The fourth-order valence-corrected chi connectivity index (χ4v) is 16.5. The van der Waals surface area contributed by atoms with Crippen molar-refractivity contribution >= 4 is 135 Å². The summed E-state index contributed by atoms with van der Waals surface area (Å²) in [6, 6.07) is 4.01. The number of thioether (sulfide) groups is 1. The van der Waals surface area contributed by atoms with Gasteiger partial charge in [-0.3, -0.25) is 92.3 Å². The highest BCUT2D eigenvalue weighted by Crippen LogP contribution is 2.26. The SMILES string of the molecule is CC(C)C[C@@H]1NC(=O)[C@H](CCCNC(=N)N)NC(=O)[C@@H](CC(C)C)NC(=O)[C@H](C)N(C)C(=O)[C@H](CCCNC(=N)N)NC(=O)[C@H](Cc2ccc(-c3cc(F)cc(F)c3)cc2)NC(=O)[C@H](C(C)C)NC(=O)[C@H](Cc2c[nH]c3ccccc23)NC(=O)[C@H](CC(=O)O)NC(=O)[C@H](Cc2ccc(O)cc2)NC(=O)[C@H](Cc2ccccc2)NC(=O)CSC[C@@H](C(=O)N[C@@H](C)C(N)=O)NC(=O)[C@H]([C@@H](C)O)NC(=O)[C@H](C(C)C)NC1=O. The number of nitrogens with two attached hydrogens (primary N) is 3. The van der Waals surface area contributed by atoms with Gasteiger partial charge in [-0.15, -0.1) is 11.8 Å². The van der Waals surface area contributed by atoms with Crippen molar-refractivity contribution in [3.05, 3.63) is 161 Å². The number of aliphatic hydroxyl groups excluding tert-OH is 1. The molecule has 144 heavy (non-hydrogen) atoms. The highest BCUT2D eigenvalue weighted by molar-refractivity contribution is 8.00. The average molecular weight is 2030 g/mol. The Balaban J connectivity index is 1.36. The summed E-state index contributed by atoms with van der Waals surface area (Å²) in [7, 11) is 1.22. The number of aromatic nitrogens is 1. The second kappa shape index (κ2) is 56.1. The number of carbonyl (C=O) groups excluding carboxylic acids is 16. The molecule has 46 heteroatoms. The summed E-state index contributed by atoms with van der Waals surface area (Å²) in [5.41, 5.74) is 19.2. The van der Waals surface area contributed by atoms with Gasteiger partial charge in [-0.25, -0.2) is 8.78 Å². The minimum atomic E-state index is -2.12. The Kier molecular flexibility index (Phi) is 45.2. The Bertz CT molecular complexity index is 5500. The van der Waals surface area contributed by atoms with E-state index in [1.54, 1.807) is 82.3 Å². The lowest BCUT2D eigenvalue weighted by atomic mass is 9.97. The lowest BCUT2D eigenvalue weighted by Gasteiger charge is -2.32. The number of hydrogen-bond acceptors (Lipinski definition) is 22. The number of fused-ring (bicyclic) bond motifs is 1. The number of carboxylic acid groups (broad SMARTS) is 1. The molecule has 2 heterocycles. The Hall–Kier alpha value is -14.9. The summed E-state index contributed by atoms with van der Waals surface area (Å²) < 4.78 is 29.4. The third kappa shape index (κ3) is 37.2. The number of aromatic amines is 1. The van der Waals surface area contributed by atoms with E-state index in [-0.39, 0.29) is 86.7 Å². The van der Waals surface area contributed by atoms with Crippen LogP contribution in [0.5, 0.6) is 5.75 Å². The molecule has 1 aromatic heterocycles. The molecule has 1 aliphatic rings. The number of guanidine groups is 2. The number of carbonyl (C=O) groups is 17. The first-order chi connectivity index (χ1) is 67.9. The number of aliphatic carboxylic acids is 1. The minimum absolute atomic E-state index is 0.0144. The normalized spacial score (nSPS) is 22.8. The maximum absolute atomic E-state index is 15.5. The summed E-state index contributed by atoms with van der Waals surface area (Å²) in [5, 5.41) is 90.0. The van der Waals surface area contributed by atoms with E-state index < -0.39 is 270 Å². The molecule has 782 valence electrons. The monoisotopic (exact) mass is 2020 g/mol. The van der Waals surface area contributed by atoms with Gasteiger partial charge in [0.25, 0.3) is 0 Å². The second-order valence-electron chi connectivity index (χ2n) is 37.1. The van der Waals surface area contributed by atoms with Crippen molar-refractivity contribution in [2.45, 2.75) is 244 Å². The van der Waals surface area contributed by atoms with E-state index in [2.05, 4.69) is 90.1 Å². The van der Waals surface area contributed by atoms with Gasteiger partial charge in [0.15, 0.2) is 11.9 Å². The van der Waals surface area contributed by atoms with Gasteiger partial charge in [0.05, 0.1) is 18.3 Å². The molecule has 1 fully saturated rings. The number of nitrogens with one attached hydrogen (secondary N) is 19. The number of phenolic OH excluding ortho intramolecular Hbond substituents is 1. The zero-order valence-corrected chi connectivity index (χ0v) is 83.2. The molecule has 16 amide bonds. The first-order valence-electron chi connectivity index (χ1n) is 47.3. The van der Waals surface area contributed by atoms with Gasteiger partial charge in [0.1, 0.15) is 108 Å². The van der Waals surface area contributed by atoms with E-state index >= 15 is 33.6 Å². The molecule has 0 spiro atoms. The number of primary amides is 1. The van der Waals surface area contributed by atoms with Crippen molar-refractivity contribution in [2.24, 2.45) is 40.9 Å². The van der Waals surface area contributed by atoms with E-state index in [9.17, 15) is 72.0 Å². The van der Waals surface area contributed by atoms with Crippen molar-refractivity contribution in [3.8, 4) is 16.9 Å². The van der Waals surface area contributed by atoms with Gasteiger partial charge in [0.2, 0.25) is 94.5 Å². The number of carboxylic acids is 1. The summed E-state index contributed by atoms with van der Waals surface area (Å²) in [5.74, 6) is -25.0. The molecule has 0 unspecified atom stereocenters. The van der Waals surface area contributed by atoms with Crippen molar-refractivity contribution in [2.75, 3.05) is 31.6 Å². The molecule has 0 saturated carbocycles. The number of nitrogens with zero attached hydrogens (tertiary/aromatic N) is 1. The van der Waals surface area contributed by atoms with Gasteiger partial charge < -0.3 is 127 Å². The average Bonchev–Trinajstić information content (AvgIpc) is 1.75. The Morgan fingerprint density at radius 3 is 1.40 bits per heavy atom. The molecule has 0 bridgehead atoms. The zero-order chi connectivity index (χ0) is 107. The van der Waals surface area contributed by atoms with E-state index in [1.807, 2.05) is 0 Å². The number of phenols is 1. The van der Waals surface area contributed by atoms with E-state index in [0.717, 1.165) is 24.0 Å². The van der Waals surface area contributed by atoms with Crippen LogP contribution in [0.3, 0.4) is 0 Å². The van der Waals surface area contributed by atoms with Crippen LogP contribution in [-0.4, -0.2) is 266 Å². The van der Waals surface area contributed by atoms with Crippen molar-refractivity contribution in [1.29, 1.82) is 10.8 Å². The first kappa shape index (κ1) is 116. The third-order valence-electron chi connectivity index (χ3n) is 23.6. The van der Waals surface area contributed by atoms with Crippen LogP contribution in [-0.2, 0) is 107 Å². The second-order valence-corrected chi connectivity index (χ2v) is 38.2. The van der Waals surface area contributed by atoms with Gasteiger partial charge in [0, 0.05) is 74.7 Å². The molecular weight excluding hydrogens is 1890 g/mol.